The van der Waals surface area contributed by atoms with Crippen LogP contribution in [0.25, 0.3) is 0 Å². The summed E-state index contributed by atoms with van der Waals surface area (Å²) in [7, 11) is 0. The van der Waals surface area contributed by atoms with Crippen LogP contribution >= 0.6 is 0 Å². The predicted molar refractivity (Wildman–Crippen MR) is 129 cm³/mol. The van der Waals surface area contributed by atoms with Gasteiger partial charge >= 0.3 is 6.03 Å². The van der Waals surface area contributed by atoms with E-state index in [1.165, 1.54) is 0 Å². The van der Waals surface area contributed by atoms with Crippen LogP contribution in [-0.4, -0.2) is 18.5 Å². The van der Waals surface area contributed by atoms with Crippen LogP contribution in [0.5, 0.6) is 0 Å². The summed E-state index contributed by atoms with van der Waals surface area (Å²) in [6.07, 6.45) is 1.94. The van der Waals surface area contributed by atoms with Gasteiger partial charge in [0.15, 0.2) is 0 Å². The molecule has 0 aliphatic heterocycles. The topological polar surface area (TPSA) is 61.4 Å². The van der Waals surface area contributed by atoms with Gasteiger partial charge in [0.2, 0.25) is 5.91 Å². The van der Waals surface area contributed by atoms with Crippen LogP contribution in [0, 0.1) is 6.92 Å². The molecule has 0 saturated heterocycles. The van der Waals surface area contributed by atoms with E-state index in [-0.39, 0.29) is 18.4 Å². The van der Waals surface area contributed by atoms with Crippen LogP contribution in [0.3, 0.4) is 0 Å². The summed E-state index contributed by atoms with van der Waals surface area (Å²) in [6.45, 7) is 7.04. The molecule has 3 rings (SSSR count). The first-order valence-electron chi connectivity index (χ1n) is 10.7. The normalized spacial score (nSPS) is 10.3. The molecule has 0 aliphatic rings. The van der Waals surface area contributed by atoms with E-state index in [4.69, 9.17) is 0 Å². The fourth-order valence-corrected chi connectivity index (χ4v) is 3.37. The number of benzene rings is 3. The molecule has 0 fully saturated rings. The van der Waals surface area contributed by atoms with E-state index in [0.29, 0.717) is 19.6 Å². The minimum absolute atomic E-state index is 0.0399. The zero-order valence-electron chi connectivity index (χ0n) is 18.4. The summed E-state index contributed by atoms with van der Waals surface area (Å²) in [5.41, 5.74) is 4.91. The highest BCUT2D eigenvalue weighted by Crippen LogP contribution is 2.19. The lowest BCUT2D eigenvalue weighted by Crippen LogP contribution is -2.39. The fraction of sp³-hybridized carbons (Fsp3) is 0.185. The number of aryl methyl sites for hydroxylation is 1. The minimum Gasteiger partial charge on any atom is -0.352 e. The summed E-state index contributed by atoms with van der Waals surface area (Å²) in [4.78, 5) is 26.8. The molecule has 0 unspecified atom stereocenters. The Hall–Kier alpha value is -3.86. The number of carbonyl (C=O) groups is 2. The van der Waals surface area contributed by atoms with Crippen molar-refractivity contribution >= 4 is 17.6 Å². The van der Waals surface area contributed by atoms with E-state index in [9.17, 15) is 9.59 Å². The standard InChI is InChI=1S/C27H29N3O2/c1-3-16-28-27(32)30(20-24-11-7-8-21(2)17-24)25-14-12-22(13-15-25)18-26(31)29-19-23-9-5-4-6-10-23/h3-15,17H,1,16,18-20H2,2H3,(H,28,32)(H,29,31). The average Bonchev–Trinajstić information content (AvgIpc) is 2.81. The molecule has 3 amide bonds. The largest absolute Gasteiger partial charge is 0.352 e. The molecule has 0 radical (unpaired) electrons. The van der Waals surface area contributed by atoms with Crippen molar-refractivity contribution in [3.8, 4) is 0 Å². The van der Waals surface area contributed by atoms with E-state index in [2.05, 4.69) is 23.3 Å². The number of amides is 3. The quantitative estimate of drug-likeness (QED) is 0.484. The van der Waals surface area contributed by atoms with Crippen LogP contribution < -0.4 is 15.5 Å². The minimum atomic E-state index is -0.195. The Bertz CT molecular complexity index is 1050. The van der Waals surface area contributed by atoms with Gasteiger partial charge in [-0.05, 0) is 35.7 Å². The van der Waals surface area contributed by atoms with Gasteiger partial charge < -0.3 is 10.6 Å². The zero-order valence-corrected chi connectivity index (χ0v) is 18.4. The number of nitrogens with zero attached hydrogens (tertiary/aromatic N) is 1. The van der Waals surface area contributed by atoms with E-state index in [1.54, 1.807) is 11.0 Å². The number of hydrogen-bond acceptors (Lipinski definition) is 2. The smallest absolute Gasteiger partial charge is 0.322 e. The van der Waals surface area contributed by atoms with E-state index in [0.717, 1.165) is 27.9 Å². The molecule has 164 valence electrons. The van der Waals surface area contributed by atoms with E-state index < -0.39 is 0 Å². The predicted octanol–water partition coefficient (Wildman–Crippen LogP) is 4.76. The summed E-state index contributed by atoms with van der Waals surface area (Å²) < 4.78 is 0. The maximum atomic E-state index is 12.8. The van der Waals surface area contributed by atoms with Gasteiger partial charge in [0.05, 0.1) is 13.0 Å². The Morgan fingerprint density at radius 3 is 2.28 bits per heavy atom. The van der Waals surface area contributed by atoms with Gasteiger partial charge in [0.1, 0.15) is 0 Å². The fourth-order valence-electron chi connectivity index (χ4n) is 3.37. The number of anilines is 1. The Labute approximate surface area is 189 Å². The lowest BCUT2D eigenvalue weighted by molar-refractivity contribution is -0.120. The molecule has 3 aromatic carbocycles. The number of rotatable bonds is 9. The van der Waals surface area contributed by atoms with Gasteiger partial charge in [-0.15, -0.1) is 6.58 Å². The monoisotopic (exact) mass is 427 g/mol. The molecule has 0 atom stereocenters. The van der Waals surface area contributed by atoms with Gasteiger partial charge in [-0.2, -0.15) is 0 Å². The Kier molecular flexibility index (Phi) is 8.21. The first-order chi connectivity index (χ1) is 15.5. The molecular weight excluding hydrogens is 398 g/mol. The number of nitrogens with one attached hydrogen (secondary N) is 2. The van der Waals surface area contributed by atoms with Crippen LogP contribution in [0.4, 0.5) is 10.5 Å². The maximum Gasteiger partial charge on any atom is 0.322 e. The van der Waals surface area contributed by atoms with Crippen molar-refractivity contribution in [2.24, 2.45) is 0 Å². The molecule has 0 heterocycles. The van der Waals surface area contributed by atoms with E-state index in [1.807, 2.05) is 79.7 Å². The van der Waals surface area contributed by atoms with Crippen molar-refractivity contribution in [1.82, 2.24) is 10.6 Å². The molecule has 5 heteroatoms. The van der Waals surface area contributed by atoms with Gasteiger partial charge in [0.25, 0.3) is 0 Å². The van der Waals surface area contributed by atoms with E-state index >= 15 is 0 Å². The molecule has 0 bridgehead atoms. The Morgan fingerprint density at radius 1 is 0.875 bits per heavy atom. The molecule has 5 nitrogen and oxygen atoms in total. The van der Waals surface area contributed by atoms with Gasteiger partial charge in [-0.1, -0.05) is 78.4 Å². The van der Waals surface area contributed by atoms with Crippen molar-refractivity contribution < 1.29 is 9.59 Å². The van der Waals surface area contributed by atoms with Crippen molar-refractivity contribution in [2.75, 3.05) is 11.4 Å². The second-order valence-electron chi connectivity index (χ2n) is 7.66. The van der Waals surface area contributed by atoms with Gasteiger partial charge in [-0.25, -0.2) is 4.79 Å². The summed E-state index contributed by atoms with van der Waals surface area (Å²) in [5.74, 6) is -0.0399. The number of hydrogen-bond donors (Lipinski definition) is 2. The summed E-state index contributed by atoms with van der Waals surface area (Å²) in [5, 5.41) is 5.79. The first kappa shape index (κ1) is 22.8. The molecule has 0 spiro atoms. The van der Waals surface area contributed by atoms with Crippen molar-refractivity contribution in [2.45, 2.75) is 26.4 Å². The highest BCUT2D eigenvalue weighted by molar-refractivity contribution is 5.92. The van der Waals surface area contributed by atoms with Crippen LogP contribution in [0.15, 0.2) is 91.5 Å². The van der Waals surface area contributed by atoms with Crippen LogP contribution in [-0.2, 0) is 24.3 Å². The Morgan fingerprint density at radius 2 is 1.59 bits per heavy atom. The molecule has 0 aromatic heterocycles. The zero-order chi connectivity index (χ0) is 22.8. The molecule has 0 saturated carbocycles. The molecule has 2 N–H and O–H groups in total. The second-order valence-corrected chi connectivity index (χ2v) is 7.66. The molecule has 3 aromatic rings. The number of urea groups is 1. The third kappa shape index (κ3) is 6.84. The molecule has 0 aliphatic carbocycles. The maximum absolute atomic E-state index is 12.8. The van der Waals surface area contributed by atoms with Crippen LogP contribution in [0.2, 0.25) is 0 Å². The Balaban J connectivity index is 1.66. The summed E-state index contributed by atoms with van der Waals surface area (Å²) >= 11 is 0. The highest BCUT2D eigenvalue weighted by atomic mass is 16.2. The molecule has 32 heavy (non-hydrogen) atoms. The van der Waals surface area contributed by atoms with Crippen molar-refractivity contribution in [3.05, 3.63) is 114 Å². The van der Waals surface area contributed by atoms with Gasteiger partial charge in [-0.3, -0.25) is 9.69 Å². The number of carbonyl (C=O) groups excluding carboxylic acids is 2. The average molecular weight is 428 g/mol. The van der Waals surface area contributed by atoms with Crippen LogP contribution in [0.1, 0.15) is 22.3 Å². The van der Waals surface area contributed by atoms with Crippen molar-refractivity contribution in [1.29, 1.82) is 0 Å². The van der Waals surface area contributed by atoms with Gasteiger partial charge in [0, 0.05) is 18.8 Å². The first-order valence-corrected chi connectivity index (χ1v) is 10.7. The summed E-state index contributed by atoms with van der Waals surface area (Å²) in [6, 6.07) is 25.3. The molecular formula is C27H29N3O2. The third-order valence-corrected chi connectivity index (χ3v) is 5.01. The second kappa shape index (κ2) is 11.5. The van der Waals surface area contributed by atoms with Crippen molar-refractivity contribution in [3.63, 3.8) is 0 Å². The lowest BCUT2D eigenvalue weighted by atomic mass is 10.1. The highest BCUT2D eigenvalue weighted by Gasteiger charge is 2.16. The SMILES string of the molecule is C=CCNC(=O)N(Cc1cccc(C)c1)c1ccc(CC(=O)NCc2ccccc2)cc1. The third-order valence-electron chi connectivity index (χ3n) is 5.01. The lowest BCUT2D eigenvalue weighted by Gasteiger charge is -2.23.